The van der Waals surface area contributed by atoms with Gasteiger partial charge in [-0.3, -0.25) is 0 Å². The van der Waals surface area contributed by atoms with Crippen LogP contribution in [0.15, 0.2) is 35.7 Å². The van der Waals surface area contributed by atoms with Crippen LogP contribution in [0.5, 0.6) is 0 Å². The van der Waals surface area contributed by atoms with E-state index in [1.807, 2.05) is 0 Å². The zero-order valence-electron chi connectivity index (χ0n) is 6.75. The molecule has 0 aromatic carbocycles. The van der Waals surface area contributed by atoms with Crippen molar-refractivity contribution < 1.29 is 5.21 Å². The molecule has 0 saturated heterocycles. The number of rotatable bonds is 1. The fourth-order valence-electron chi connectivity index (χ4n) is 1.22. The van der Waals surface area contributed by atoms with Crippen molar-refractivity contribution in [1.82, 2.24) is 9.61 Å². The minimum atomic E-state index is 0.0890. The molecule has 0 spiro atoms. The summed E-state index contributed by atoms with van der Waals surface area (Å²) in [6.45, 7) is 0. The Balaban J connectivity index is 2.75. The molecule has 0 aliphatic heterocycles. The third kappa shape index (κ3) is 1.10. The maximum Gasteiger partial charge on any atom is 0.172 e. The molecule has 0 saturated carbocycles. The maximum atomic E-state index is 8.52. The normalized spacial score (nSPS) is 12.2. The minimum absolute atomic E-state index is 0.0890. The van der Waals surface area contributed by atoms with E-state index < -0.39 is 0 Å². The van der Waals surface area contributed by atoms with Crippen LogP contribution in [0, 0.1) is 0 Å². The Morgan fingerprint density at radius 3 is 3.15 bits per heavy atom. The van der Waals surface area contributed by atoms with Gasteiger partial charge in [-0.2, -0.15) is 5.10 Å². The van der Waals surface area contributed by atoms with E-state index in [4.69, 9.17) is 10.9 Å². The van der Waals surface area contributed by atoms with Crippen LogP contribution in [0.25, 0.3) is 5.52 Å². The topological polar surface area (TPSA) is 75.9 Å². The molecule has 0 amide bonds. The van der Waals surface area contributed by atoms with Gasteiger partial charge < -0.3 is 10.9 Å². The molecule has 2 aromatic rings. The lowest BCUT2D eigenvalue weighted by molar-refractivity contribution is 0.318. The van der Waals surface area contributed by atoms with Crippen molar-refractivity contribution in [2.75, 3.05) is 0 Å². The molecule has 2 aromatic heterocycles. The van der Waals surface area contributed by atoms with Gasteiger partial charge in [0.05, 0.1) is 11.7 Å². The molecule has 5 nitrogen and oxygen atoms in total. The van der Waals surface area contributed by atoms with E-state index >= 15 is 0 Å². The van der Waals surface area contributed by atoms with Gasteiger partial charge >= 0.3 is 0 Å². The third-order valence-electron chi connectivity index (χ3n) is 1.82. The molecule has 0 atom stereocenters. The SMILES string of the molecule is N/C(=N/O)c1cccn2nccc12. The lowest BCUT2D eigenvalue weighted by Crippen LogP contribution is -2.14. The van der Waals surface area contributed by atoms with E-state index in [9.17, 15) is 0 Å². The molecule has 5 heteroatoms. The first-order valence-corrected chi connectivity index (χ1v) is 3.73. The molecule has 0 fully saturated rings. The highest BCUT2D eigenvalue weighted by Crippen LogP contribution is 2.08. The summed E-state index contributed by atoms with van der Waals surface area (Å²) in [5, 5.41) is 15.5. The molecule has 2 heterocycles. The number of amidine groups is 1. The fraction of sp³-hybridized carbons (Fsp3) is 0. The lowest BCUT2D eigenvalue weighted by atomic mass is 10.2. The average molecular weight is 176 g/mol. The number of nitrogens with zero attached hydrogens (tertiary/aromatic N) is 3. The van der Waals surface area contributed by atoms with Gasteiger partial charge in [0, 0.05) is 11.8 Å². The predicted octanol–water partition coefficient (Wildman–Crippen LogP) is 0.429. The fourth-order valence-corrected chi connectivity index (χ4v) is 1.22. The van der Waals surface area contributed by atoms with Gasteiger partial charge in [0.25, 0.3) is 0 Å². The predicted molar refractivity (Wildman–Crippen MR) is 47.7 cm³/mol. The number of nitrogens with two attached hydrogens (primary N) is 1. The quantitative estimate of drug-likeness (QED) is 0.286. The van der Waals surface area contributed by atoms with Gasteiger partial charge in [-0.05, 0) is 18.2 Å². The second-order valence-electron chi connectivity index (χ2n) is 2.57. The number of fused-ring (bicyclic) bond motifs is 1. The first-order valence-electron chi connectivity index (χ1n) is 3.73. The Bertz CT molecular complexity index is 460. The Labute approximate surface area is 74.1 Å². The van der Waals surface area contributed by atoms with Crippen LogP contribution >= 0.6 is 0 Å². The van der Waals surface area contributed by atoms with E-state index in [1.165, 1.54) is 0 Å². The first-order chi connectivity index (χ1) is 6.33. The van der Waals surface area contributed by atoms with Crippen molar-refractivity contribution in [1.29, 1.82) is 0 Å². The summed E-state index contributed by atoms with van der Waals surface area (Å²) in [6.07, 6.45) is 3.45. The summed E-state index contributed by atoms with van der Waals surface area (Å²) in [4.78, 5) is 0. The zero-order chi connectivity index (χ0) is 9.26. The van der Waals surface area contributed by atoms with E-state index in [-0.39, 0.29) is 5.84 Å². The average Bonchev–Trinajstić information content (AvgIpc) is 2.63. The summed E-state index contributed by atoms with van der Waals surface area (Å²) >= 11 is 0. The van der Waals surface area contributed by atoms with E-state index in [1.54, 1.807) is 35.1 Å². The van der Waals surface area contributed by atoms with Crippen molar-refractivity contribution in [3.8, 4) is 0 Å². The highest BCUT2D eigenvalue weighted by Gasteiger charge is 2.04. The number of oxime groups is 1. The Morgan fingerprint density at radius 2 is 2.38 bits per heavy atom. The molecule has 0 aliphatic carbocycles. The van der Waals surface area contributed by atoms with Crippen LogP contribution in [0.4, 0.5) is 0 Å². The molecule has 0 radical (unpaired) electrons. The van der Waals surface area contributed by atoms with Crippen LogP contribution in [-0.4, -0.2) is 20.7 Å². The summed E-state index contributed by atoms with van der Waals surface area (Å²) in [6, 6.07) is 5.35. The molecule has 13 heavy (non-hydrogen) atoms. The van der Waals surface area contributed by atoms with Crippen LogP contribution < -0.4 is 5.73 Å². The van der Waals surface area contributed by atoms with E-state index in [0.717, 1.165) is 5.52 Å². The van der Waals surface area contributed by atoms with E-state index in [2.05, 4.69) is 10.3 Å². The van der Waals surface area contributed by atoms with Gasteiger partial charge in [-0.15, -0.1) is 0 Å². The van der Waals surface area contributed by atoms with Crippen LogP contribution in [0.1, 0.15) is 5.56 Å². The van der Waals surface area contributed by atoms with Gasteiger partial charge in [-0.25, -0.2) is 4.52 Å². The standard InChI is InChI=1S/C8H8N4O/c9-8(11-13)6-2-1-5-12-7(6)3-4-10-12/h1-5,13H,(H2,9,11). The number of pyridine rings is 1. The number of aromatic nitrogens is 2. The highest BCUT2D eigenvalue weighted by molar-refractivity contribution is 6.02. The summed E-state index contributed by atoms with van der Waals surface area (Å²) in [5.41, 5.74) is 6.96. The molecule has 0 unspecified atom stereocenters. The zero-order valence-corrected chi connectivity index (χ0v) is 6.75. The number of hydrogen-bond acceptors (Lipinski definition) is 3. The summed E-state index contributed by atoms with van der Waals surface area (Å²) < 4.78 is 1.66. The maximum absolute atomic E-state index is 8.52. The van der Waals surface area contributed by atoms with Crippen molar-refractivity contribution >= 4 is 11.4 Å². The van der Waals surface area contributed by atoms with Crippen LogP contribution in [0.2, 0.25) is 0 Å². The Hall–Kier alpha value is -2.04. The molecular weight excluding hydrogens is 168 g/mol. The largest absolute Gasteiger partial charge is 0.409 e. The molecule has 66 valence electrons. The molecule has 0 aliphatic rings. The second-order valence-corrected chi connectivity index (χ2v) is 2.57. The first kappa shape index (κ1) is 7.60. The van der Waals surface area contributed by atoms with Crippen LogP contribution in [0.3, 0.4) is 0 Å². The number of hydrogen-bond donors (Lipinski definition) is 2. The van der Waals surface area contributed by atoms with Gasteiger partial charge in [-0.1, -0.05) is 5.16 Å². The van der Waals surface area contributed by atoms with Gasteiger partial charge in [0.1, 0.15) is 0 Å². The monoisotopic (exact) mass is 176 g/mol. The van der Waals surface area contributed by atoms with Gasteiger partial charge in [0.15, 0.2) is 5.84 Å². The summed E-state index contributed by atoms with van der Waals surface area (Å²) in [7, 11) is 0. The molecule has 3 N–H and O–H groups in total. The Morgan fingerprint density at radius 1 is 1.54 bits per heavy atom. The second kappa shape index (κ2) is 2.78. The Kier molecular flexibility index (Phi) is 1.63. The smallest absolute Gasteiger partial charge is 0.172 e. The van der Waals surface area contributed by atoms with Crippen molar-refractivity contribution in [3.05, 3.63) is 36.2 Å². The summed E-state index contributed by atoms with van der Waals surface area (Å²) in [5.74, 6) is 0.0890. The molecule has 0 bridgehead atoms. The highest BCUT2D eigenvalue weighted by atomic mass is 16.4. The van der Waals surface area contributed by atoms with Crippen LogP contribution in [-0.2, 0) is 0 Å². The van der Waals surface area contributed by atoms with E-state index in [0.29, 0.717) is 5.56 Å². The lowest BCUT2D eigenvalue weighted by Gasteiger charge is -2.00. The molecule has 2 rings (SSSR count). The van der Waals surface area contributed by atoms with Crippen molar-refractivity contribution in [3.63, 3.8) is 0 Å². The third-order valence-corrected chi connectivity index (χ3v) is 1.82. The minimum Gasteiger partial charge on any atom is -0.409 e. The van der Waals surface area contributed by atoms with Gasteiger partial charge in [0.2, 0.25) is 0 Å². The van der Waals surface area contributed by atoms with Crippen molar-refractivity contribution in [2.45, 2.75) is 0 Å². The molecular formula is C8H8N4O. The van der Waals surface area contributed by atoms with Crippen molar-refractivity contribution in [2.24, 2.45) is 10.9 Å².